The summed E-state index contributed by atoms with van der Waals surface area (Å²) in [5.74, 6) is 0. The standard InChI is InChI=1S/C16H25N3S.ClH/c1-20-16-4-2-14(3-5-16)12-18-9-6-15(13-18)19-10-7-17-8-11-19;/h2-5,15,17H,6-13H2,1H3;1H. The van der Waals surface area contributed by atoms with Gasteiger partial charge in [-0.2, -0.15) is 0 Å². The molecule has 0 saturated carbocycles. The molecule has 2 aliphatic rings. The molecule has 1 N–H and O–H groups in total. The number of piperazine rings is 1. The molecule has 2 aliphatic heterocycles. The van der Waals surface area contributed by atoms with Crippen LogP contribution in [0.3, 0.4) is 0 Å². The molecule has 1 atom stereocenters. The van der Waals surface area contributed by atoms with Crippen molar-refractivity contribution in [2.75, 3.05) is 45.5 Å². The van der Waals surface area contributed by atoms with E-state index >= 15 is 0 Å². The minimum Gasteiger partial charge on any atom is -0.314 e. The Bertz CT molecular complexity index is 420. The van der Waals surface area contributed by atoms with E-state index < -0.39 is 0 Å². The van der Waals surface area contributed by atoms with E-state index in [0.717, 1.165) is 25.7 Å². The van der Waals surface area contributed by atoms with Gasteiger partial charge in [-0.05, 0) is 30.4 Å². The zero-order chi connectivity index (χ0) is 13.8. The fourth-order valence-electron chi connectivity index (χ4n) is 3.29. The van der Waals surface area contributed by atoms with Crippen molar-refractivity contribution < 1.29 is 0 Å². The molecule has 118 valence electrons. The van der Waals surface area contributed by atoms with E-state index in [0.29, 0.717) is 0 Å². The predicted molar refractivity (Wildman–Crippen MR) is 93.6 cm³/mol. The Labute approximate surface area is 138 Å². The molecule has 3 rings (SSSR count). The number of halogens is 1. The van der Waals surface area contributed by atoms with Gasteiger partial charge >= 0.3 is 0 Å². The number of nitrogens with zero attached hydrogens (tertiary/aromatic N) is 2. The number of benzene rings is 1. The molecule has 5 heteroatoms. The zero-order valence-electron chi connectivity index (χ0n) is 12.8. The van der Waals surface area contributed by atoms with Crippen LogP contribution < -0.4 is 5.32 Å². The molecule has 2 saturated heterocycles. The van der Waals surface area contributed by atoms with E-state index in [1.165, 1.54) is 43.1 Å². The summed E-state index contributed by atoms with van der Waals surface area (Å²) in [4.78, 5) is 6.64. The highest BCUT2D eigenvalue weighted by atomic mass is 35.5. The summed E-state index contributed by atoms with van der Waals surface area (Å²) in [5.41, 5.74) is 1.45. The SMILES string of the molecule is CSc1ccc(CN2CCC(N3CCNCC3)C2)cc1.Cl. The van der Waals surface area contributed by atoms with Crippen LogP contribution in [-0.4, -0.2) is 61.4 Å². The quantitative estimate of drug-likeness (QED) is 0.855. The molecule has 1 aromatic rings. The highest BCUT2D eigenvalue weighted by molar-refractivity contribution is 7.98. The molecule has 0 aliphatic carbocycles. The summed E-state index contributed by atoms with van der Waals surface area (Å²) >= 11 is 1.81. The Balaban J connectivity index is 0.00000161. The van der Waals surface area contributed by atoms with E-state index in [4.69, 9.17) is 0 Å². The number of rotatable bonds is 4. The van der Waals surface area contributed by atoms with Gasteiger partial charge in [-0.25, -0.2) is 0 Å². The smallest absolute Gasteiger partial charge is 0.0236 e. The highest BCUT2D eigenvalue weighted by Crippen LogP contribution is 2.20. The molecule has 0 amide bonds. The number of hydrogen-bond acceptors (Lipinski definition) is 4. The molecule has 21 heavy (non-hydrogen) atoms. The first-order valence-corrected chi connectivity index (χ1v) is 8.87. The van der Waals surface area contributed by atoms with Crippen molar-refractivity contribution in [1.29, 1.82) is 0 Å². The van der Waals surface area contributed by atoms with Crippen LogP contribution >= 0.6 is 24.2 Å². The van der Waals surface area contributed by atoms with Crippen LogP contribution in [0.4, 0.5) is 0 Å². The van der Waals surface area contributed by atoms with Crippen LogP contribution in [-0.2, 0) is 6.54 Å². The normalized spacial score (nSPS) is 24.0. The molecule has 2 fully saturated rings. The summed E-state index contributed by atoms with van der Waals surface area (Å²) in [7, 11) is 0. The van der Waals surface area contributed by atoms with Gasteiger partial charge in [-0.3, -0.25) is 9.80 Å². The second kappa shape index (κ2) is 8.39. The minimum atomic E-state index is 0. The van der Waals surface area contributed by atoms with E-state index in [1.807, 2.05) is 11.8 Å². The third-order valence-corrected chi connectivity index (χ3v) is 5.22. The summed E-state index contributed by atoms with van der Waals surface area (Å²) in [6.45, 7) is 8.36. The van der Waals surface area contributed by atoms with Crippen molar-refractivity contribution in [3.63, 3.8) is 0 Å². The number of hydrogen-bond donors (Lipinski definition) is 1. The zero-order valence-corrected chi connectivity index (χ0v) is 14.4. The van der Waals surface area contributed by atoms with Crippen molar-refractivity contribution in [2.45, 2.75) is 23.9 Å². The van der Waals surface area contributed by atoms with Gasteiger partial charge in [0.25, 0.3) is 0 Å². The van der Waals surface area contributed by atoms with Crippen LogP contribution in [0, 0.1) is 0 Å². The lowest BCUT2D eigenvalue weighted by Crippen LogP contribution is -2.49. The lowest BCUT2D eigenvalue weighted by Gasteiger charge is -2.32. The Morgan fingerprint density at radius 2 is 1.86 bits per heavy atom. The van der Waals surface area contributed by atoms with Crippen molar-refractivity contribution >= 4 is 24.2 Å². The van der Waals surface area contributed by atoms with Crippen LogP contribution in [0.1, 0.15) is 12.0 Å². The lowest BCUT2D eigenvalue weighted by atomic mass is 10.2. The molecule has 0 bridgehead atoms. The largest absolute Gasteiger partial charge is 0.314 e. The maximum atomic E-state index is 3.44. The molecule has 0 radical (unpaired) electrons. The molecule has 1 unspecified atom stereocenters. The van der Waals surface area contributed by atoms with Crippen molar-refractivity contribution in [3.8, 4) is 0 Å². The van der Waals surface area contributed by atoms with Gasteiger partial charge in [0, 0.05) is 56.8 Å². The van der Waals surface area contributed by atoms with Gasteiger partial charge in [0.2, 0.25) is 0 Å². The summed E-state index contributed by atoms with van der Waals surface area (Å²) in [6, 6.07) is 9.82. The van der Waals surface area contributed by atoms with Gasteiger partial charge < -0.3 is 5.32 Å². The molecule has 2 heterocycles. The van der Waals surface area contributed by atoms with E-state index in [-0.39, 0.29) is 12.4 Å². The molecular formula is C16H26ClN3S. The second-order valence-corrected chi connectivity index (χ2v) is 6.69. The van der Waals surface area contributed by atoms with Crippen molar-refractivity contribution in [2.24, 2.45) is 0 Å². The van der Waals surface area contributed by atoms with Gasteiger partial charge in [0.15, 0.2) is 0 Å². The molecule has 3 nitrogen and oxygen atoms in total. The monoisotopic (exact) mass is 327 g/mol. The first kappa shape index (κ1) is 17.1. The van der Waals surface area contributed by atoms with Gasteiger partial charge in [-0.1, -0.05) is 12.1 Å². The second-order valence-electron chi connectivity index (χ2n) is 5.81. The van der Waals surface area contributed by atoms with Gasteiger partial charge in [0.1, 0.15) is 0 Å². The topological polar surface area (TPSA) is 18.5 Å². The first-order chi connectivity index (χ1) is 9.85. The predicted octanol–water partition coefficient (Wildman–Crippen LogP) is 2.31. The maximum Gasteiger partial charge on any atom is 0.0236 e. The lowest BCUT2D eigenvalue weighted by molar-refractivity contribution is 0.170. The molecule has 1 aromatic carbocycles. The fourth-order valence-corrected chi connectivity index (χ4v) is 3.70. The molecular weight excluding hydrogens is 302 g/mol. The van der Waals surface area contributed by atoms with E-state index in [1.54, 1.807) is 0 Å². The third-order valence-electron chi connectivity index (χ3n) is 4.48. The third kappa shape index (κ3) is 4.60. The molecule has 0 aromatic heterocycles. The summed E-state index contributed by atoms with van der Waals surface area (Å²) < 4.78 is 0. The van der Waals surface area contributed by atoms with Crippen LogP contribution in [0.25, 0.3) is 0 Å². The van der Waals surface area contributed by atoms with Gasteiger partial charge in [0.05, 0.1) is 0 Å². The first-order valence-electron chi connectivity index (χ1n) is 7.65. The van der Waals surface area contributed by atoms with Crippen LogP contribution in [0.2, 0.25) is 0 Å². The number of likely N-dealkylation sites (tertiary alicyclic amines) is 1. The van der Waals surface area contributed by atoms with Gasteiger partial charge in [-0.15, -0.1) is 24.2 Å². The average Bonchev–Trinajstić information content (AvgIpc) is 2.97. The van der Waals surface area contributed by atoms with Crippen LogP contribution in [0.5, 0.6) is 0 Å². The van der Waals surface area contributed by atoms with Crippen molar-refractivity contribution in [1.82, 2.24) is 15.1 Å². The highest BCUT2D eigenvalue weighted by Gasteiger charge is 2.28. The maximum absolute atomic E-state index is 3.44. The Morgan fingerprint density at radius 1 is 1.14 bits per heavy atom. The minimum absolute atomic E-state index is 0. The summed E-state index contributed by atoms with van der Waals surface area (Å²) in [6.07, 6.45) is 3.47. The number of thioether (sulfide) groups is 1. The Kier molecular flexibility index (Phi) is 6.83. The molecule has 0 spiro atoms. The Hall–Kier alpha value is -0.260. The van der Waals surface area contributed by atoms with Crippen LogP contribution in [0.15, 0.2) is 29.2 Å². The summed E-state index contributed by atoms with van der Waals surface area (Å²) in [5, 5.41) is 3.44. The van der Waals surface area contributed by atoms with E-state index in [2.05, 4.69) is 45.6 Å². The Morgan fingerprint density at radius 3 is 2.52 bits per heavy atom. The number of nitrogens with one attached hydrogen (secondary N) is 1. The van der Waals surface area contributed by atoms with E-state index in [9.17, 15) is 0 Å². The average molecular weight is 328 g/mol. The van der Waals surface area contributed by atoms with Crippen molar-refractivity contribution in [3.05, 3.63) is 29.8 Å². The fraction of sp³-hybridized carbons (Fsp3) is 0.625.